The lowest BCUT2D eigenvalue weighted by Crippen LogP contribution is -1.80. The largest absolute Gasteiger partial charge is 0.411 e. The van der Waals surface area contributed by atoms with Crippen LogP contribution in [0.3, 0.4) is 0 Å². The van der Waals surface area contributed by atoms with E-state index >= 15 is 0 Å². The van der Waals surface area contributed by atoms with Gasteiger partial charge < -0.3 is 4.42 Å². The van der Waals surface area contributed by atoms with Gasteiger partial charge in [0.05, 0.1) is 0 Å². The van der Waals surface area contributed by atoms with Gasteiger partial charge in [-0.2, -0.15) is 4.37 Å². The van der Waals surface area contributed by atoms with Crippen molar-refractivity contribution in [3.05, 3.63) is 35.7 Å². The topological polar surface area (TPSA) is 64.7 Å². The Morgan fingerprint density at radius 2 is 2.00 bits per heavy atom. The standard InChI is InChI=1S/C14H12N4OS2/c1-8-2-4-10(5-3-8)12-16-17-13(19-12)20-14-15-11(18-21-14)9-6-7-9/h2-5,9H,6-7H2,1H3. The smallest absolute Gasteiger partial charge is 0.284 e. The van der Waals surface area contributed by atoms with Gasteiger partial charge >= 0.3 is 0 Å². The van der Waals surface area contributed by atoms with E-state index in [9.17, 15) is 0 Å². The Labute approximate surface area is 130 Å². The van der Waals surface area contributed by atoms with Gasteiger partial charge in [0.25, 0.3) is 5.22 Å². The molecule has 0 spiro atoms. The van der Waals surface area contributed by atoms with E-state index in [0.717, 1.165) is 15.7 Å². The van der Waals surface area contributed by atoms with Crippen molar-refractivity contribution in [2.45, 2.75) is 35.2 Å². The molecule has 2 aromatic heterocycles. The van der Waals surface area contributed by atoms with Crippen LogP contribution < -0.4 is 0 Å². The van der Waals surface area contributed by atoms with E-state index < -0.39 is 0 Å². The summed E-state index contributed by atoms with van der Waals surface area (Å²) in [6.45, 7) is 2.05. The summed E-state index contributed by atoms with van der Waals surface area (Å²) in [5.41, 5.74) is 2.13. The van der Waals surface area contributed by atoms with Gasteiger partial charge in [-0.25, -0.2) is 4.98 Å². The second-order valence-corrected chi connectivity index (χ2v) is 6.98. The van der Waals surface area contributed by atoms with Crippen molar-refractivity contribution in [2.24, 2.45) is 0 Å². The summed E-state index contributed by atoms with van der Waals surface area (Å²) < 4.78 is 10.9. The molecule has 0 saturated heterocycles. The maximum Gasteiger partial charge on any atom is 0.284 e. The van der Waals surface area contributed by atoms with Gasteiger partial charge in [0, 0.05) is 23.2 Å². The van der Waals surface area contributed by atoms with Crippen LogP contribution in [0, 0.1) is 6.92 Å². The van der Waals surface area contributed by atoms with Gasteiger partial charge in [0.1, 0.15) is 5.82 Å². The molecule has 5 nitrogen and oxygen atoms in total. The van der Waals surface area contributed by atoms with E-state index in [0.29, 0.717) is 17.0 Å². The zero-order valence-electron chi connectivity index (χ0n) is 11.3. The highest BCUT2D eigenvalue weighted by atomic mass is 32.2. The summed E-state index contributed by atoms with van der Waals surface area (Å²) in [7, 11) is 0. The van der Waals surface area contributed by atoms with Gasteiger partial charge in [0.2, 0.25) is 5.89 Å². The molecule has 3 aromatic rings. The molecule has 0 radical (unpaired) electrons. The molecule has 106 valence electrons. The van der Waals surface area contributed by atoms with Crippen LogP contribution in [-0.4, -0.2) is 19.6 Å². The maximum atomic E-state index is 5.68. The Kier molecular flexibility index (Phi) is 3.23. The molecule has 7 heteroatoms. The molecule has 0 atom stereocenters. The summed E-state index contributed by atoms with van der Waals surface area (Å²) in [4.78, 5) is 4.50. The maximum absolute atomic E-state index is 5.68. The number of nitrogens with zero attached hydrogens (tertiary/aromatic N) is 4. The average molecular weight is 316 g/mol. The predicted octanol–water partition coefficient (Wildman–Crippen LogP) is 3.93. The normalized spacial score (nSPS) is 14.5. The fourth-order valence-corrected chi connectivity index (χ4v) is 3.37. The van der Waals surface area contributed by atoms with Crippen molar-refractivity contribution < 1.29 is 4.42 Å². The Morgan fingerprint density at radius 1 is 1.19 bits per heavy atom. The molecule has 1 aromatic carbocycles. The minimum absolute atomic E-state index is 0.504. The zero-order valence-corrected chi connectivity index (χ0v) is 12.9. The van der Waals surface area contributed by atoms with Crippen LogP contribution in [0.25, 0.3) is 11.5 Å². The quantitative estimate of drug-likeness (QED) is 0.726. The fraction of sp³-hybridized carbons (Fsp3) is 0.286. The first-order chi connectivity index (χ1) is 10.3. The Bertz CT molecular complexity index is 761. The third-order valence-corrected chi connectivity index (χ3v) is 4.85. The van der Waals surface area contributed by atoms with Gasteiger partial charge in [-0.1, -0.05) is 17.7 Å². The van der Waals surface area contributed by atoms with Crippen LogP contribution in [0.2, 0.25) is 0 Å². The summed E-state index contributed by atoms with van der Waals surface area (Å²) in [6.07, 6.45) is 2.41. The van der Waals surface area contributed by atoms with Crippen molar-refractivity contribution in [1.82, 2.24) is 19.6 Å². The lowest BCUT2D eigenvalue weighted by molar-refractivity contribution is 0.466. The molecule has 1 fully saturated rings. The molecule has 4 rings (SSSR count). The minimum Gasteiger partial charge on any atom is -0.411 e. The highest BCUT2D eigenvalue weighted by molar-refractivity contribution is 8.00. The lowest BCUT2D eigenvalue weighted by atomic mass is 10.1. The average Bonchev–Trinajstić information content (AvgIpc) is 3.06. The van der Waals surface area contributed by atoms with Crippen LogP contribution in [-0.2, 0) is 0 Å². The third-order valence-electron chi connectivity index (χ3n) is 3.25. The molecule has 0 bridgehead atoms. The number of aryl methyl sites for hydroxylation is 1. The Hall–Kier alpha value is -1.73. The first kappa shape index (κ1) is 13.0. The highest BCUT2D eigenvalue weighted by Crippen LogP contribution is 2.40. The molecule has 0 unspecified atom stereocenters. The van der Waals surface area contributed by atoms with Crippen molar-refractivity contribution in [1.29, 1.82) is 0 Å². The van der Waals surface area contributed by atoms with Crippen molar-refractivity contribution in [2.75, 3.05) is 0 Å². The number of benzene rings is 1. The molecule has 1 saturated carbocycles. The molecular weight excluding hydrogens is 304 g/mol. The van der Waals surface area contributed by atoms with E-state index in [1.54, 1.807) is 0 Å². The highest BCUT2D eigenvalue weighted by Gasteiger charge is 2.28. The second kappa shape index (κ2) is 5.23. The van der Waals surface area contributed by atoms with Crippen LogP contribution in [0.5, 0.6) is 0 Å². The van der Waals surface area contributed by atoms with Crippen LogP contribution in [0.15, 0.2) is 38.2 Å². The molecule has 1 aliphatic carbocycles. The summed E-state index contributed by atoms with van der Waals surface area (Å²) in [5.74, 6) is 2.06. The first-order valence-corrected chi connectivity index (χ1v) is 8.29. The molecular formula is C14H12N4OS2. The van der Waals surface area contributed by atoms with E-state index in [-0.39, 0.29) is 0 Å². The fourth-order valence-electron chi connectivity index (χ4n) is 1.91. The Balaban J connectivity index is 1.52. The van der Waals surface area contributed by atoms with E-state index in [4.69, 9.17) is 4.42 Å². The molecule has 1 aliphatic rings. The van der Waals surface area contributed by atoms with Crippen molar-refractivity contribution >= 4 is 23.3 Å². The SMILES string of the molecule is Cc1ccc(-c2nnc(Sc3nc(C4CC4)ns3)o2)cc1. The molecule has 0 amide bonds. The molecule has 2 heterocycles. The first-order valence-electron chi connectivity index (χ1n) is 6.70. The number of aromatic nitrogens is 4. The minimum atomic E-state index is 0.504. The van der Waals surface area contributed by atoms with Crippen molar-refractivity contribution in [3.8, 4) is 11.5 Å². The monoisotopic (exact) mass is 316 g/mol. The van der Waals surface area contributed by atoms with Gasteiger partial charge in [-0.3, -0.25) is 0 Å². The summed E-state index contributed by atoms with van der Waals surface area (Å²) in [6, 6.07) is 8.01. The summed E-state index contributed by atoms with van der Waals surface area (Å²) >= 11 is 2.77. The number of rotatable bonds is 4. The van der Waals surface area contributed by atoms with E-state index in [1.165, 1.54) is 41.7 Å². The molecule has 21 heavy (non-hydrogen) atoms. The van der Waals surface area contributed by atoms with Gasteiger partial charge in [-0.15, -0.1) is 10.2 Å². The van der Waals surface area contributed by atoms with Crippen LogP contribution >= 0.6 is 23.3 Å². The van der Waals surface area contributed by atoms with Crippen molar-refractivity contribution in [3.63, 3.8) is 0 Å². The van der Waals surface area contributed by atoms with Crippen LogP contribution in [0.1, 0.15) is 30.1 Å². The number of hydrogen-bond acceptors (Lipinski definition) is 7. The van der Waals surface area contributed by atoms with Gasteiger partial charge in [-0.05, 0) is 43.4 Å². The summed E-state index contributed by atoms with van der Waals surface area (Å²) in [5, 5.41) is 8.65. The third kappa shape index (κ3) is 2.84. The lowest BCUT2D eigenvalue weighted by Gasteiger charge is -1.94. The molecule has 0 N–H and O–H groups in total. The molecule has 0 aliphatic heterocycles. The van der Waals surface area contributed by atoms with Gasteiger partial charge in [0.15, 0.2) is 4.34 Å². The Morgan fingerprint density at radius 3 is 2.76 bits per heavy atom. The van der Waals surface area contributed by atoms with E-state index in [2.05, 4.69) is 19.6 Å². The number of hydrogen-bond donors (Lipinski definition) is 0. The predicted molar refractivity (Wildman–Crippen MR) is 80.5 cm³/mol. The second-order valence-electron chi connectivity index (χ2n) is 5.03. The van der Waals surface area contributed by atoms with Crippen LogP contribution in [0.4, 0.5) is 0 Å². The zero-order chi connectivity index (χ0) is 14.2. The van der Waals surface area contributed by atoms with E-state index in [1.807, 2.05) is 31.2 Å².